The second-order valence-electron chi connectivity index (χ2n) is 5.00. The molecule has 0 aromatic carbocycles. The highest BCUT2D eigenvalue weighted by molar-refractivity contribution is 5.78. The van der Waals surface area contributed by atoms with Crippen LogP contribution in [0.2, 0.25) is 0 Å². The number of nitrogens with two attached hydrogens (primary N) is 1. The van der Waals surface area contributed by atoms with Crippen molar-refractivity contribution in [3.8, 4) is 0 Å². The Kier molecular flexibility index (Phi) is 7.39. The van der Waals surface area contributed by atoms with E-state index in [1.165, 1.54) is 0 Å². The minimum Gasteiger partial charge on any atom is -0.342 e. The quantitative estimate of drug-likeness (QED) is 0.699. The molecule has 0 aliphatic carbocycles. The lowest BCUT2D eigenvalue weighted by Crippen LogP contribution is -2.53. The predicted octanol–water partition coefficient (Wildman–Crippen LogP) is 1.30. The molecule has 0 rings (SSSR count). The summed E-state index contributed by atoms with van der Waals surface area (Å²) in [7, 11) is 0. The number of likely N-dealkylation sites (N-methyl/N-ethyl adjacent to an activating group) is 1. The molecule has 0 aliphatic rings. The third kappa shape index (κ3) is 5.04. The van der Waals surface area contributed by atoms with Crippen molar-refractivity contribution in [2.75, 3.05) is 32.7 Å². The molecule has 0 unspecified atom stereocenters. The maximum atomic E-state index is 12.1. The van der Waals surface area contributed by atoms with Crippen molar-refractivity contribution in [3.05, 3.63) is 0 Å². The molecule has 0 saturated heterocycles. The van der Waals surface area contributed by atoms with Gasteiger partial charge in [-0.3, -0.25) is 9.69 Å². The lowest BCUT2D eigenvalue weighted by atomic mass is 10.0. The number of rotatable bonds is 8. The highest BCUT2D eigenvalue weighted by Crippen LogP contribution is 2.13. The molecule has 0 aliphatic heterocycles. The minimum absolute atomic E-state index is 0.112. The molecule has 0 aromatic rings. The summed E-state index contributed by atoms with van der Waals surface area (Å²) in [5, 5.41) is 0. The number of nitrogens with zero attached hydrogens (tertiary/aromatic N) is 2. The van der Waals surface area contributed by atoms with E-state index in [4.69, 9.17) is 5.73 Å². The van der Waals surface area contributed by atoms with Crippen LogP contribution in [0.3, 0.4) is 0 Å². The Labute approximate surface area is 106 Å². The molecule has 4 nitrogen and oxygen atoms in total. The van der Waals surface area contributed by atoms with Crippen LogP contribution < -0.4 is 5.73 Å². The van der Waals surface area contributed by atoms with Crippen LogP contribution in [0.25, 0.3) is 0 Å². The van der Waals surface area contributed by atoms with E-state index in [-0.39, 0.29) is 11.4 Å². The van der Waals surface area contributed by atoms with Crippen molar-refractivity contribution in [2.45, 2.75) is 46.6 Å². The second kappa shape index (κ2) is 7.67. The lowest BCUT2D eigenvalue weighted by molar-refractivity contribution is -0.133. The molecule has 2 N–H and O–H groups in total. The fraction of sp³-hybridized carbons (Fsp3) is 0.923. The Morgan fingerprint density at radius 2 is 1.71 bits per heavy atom. The molecule has 0 spiro atoms. The van der Waals surface area contributed by atoms with Gasteiger partial charge in [0.1, 0.15) is 0 Å². The fourth-order valence-electron chi connectivity index (χ4n) is 1.83. The average Bonchev–Trinajstić information content (AvgIpc) is 2.30. The molecule has 0 fully saturated rings. The molecule has 0 aromatic heterocycles. The molecule has 0 heterocycles. The highest BCUT2D eigenvalue weighted by Gasteiger charge is 2.27. The number of amides is 1. The minimum atomic E-state index is -0.112. The van der Waals surface area contributed by atoms with Crippen LogP contribution in [0.15, 0.2) is 0 Å². The molecule has 0 bridgehead atoms. The van der Waals surface area contributed by atoms with Crippen LogP contribution in [-0.2, 0) is 4.79 Å². The fourth-order valence-corrected chi connectivity index (χ4v) is 1.83. The molecule has 0 radical (unpaired) electrons. The van der Waals surface area contributed by atoms with Gasteiger partial charge in [-0.25, -0.2) is 0 Å². The number of carbonyl (C=O) groups is 1. The molecule has 102 valence electrons. The molecule has 0 saturated carbocycles. The van der Waals surface area contributed by atoms with Gasteiger partial charge in [-0.2, -0.15) is 0 Å². The largest absolute Gasteiger partial charge is 0.342 e. The molecule has 4 heteroatoms. The monoisotopic (exact) mass is 243 g/mol. The second-order valence-corrected chi connectivity index (χ2v) is 5.00. The number of hydrogen-bond donors (Lipinski definition) is 1. The Hall–Kier alpha value is -0.610. The Morgan fingerprint density at radius 1 is 1.18 bits per heavy atom. The van der Waals surface area contributed by atoms with Crippen molar-refractivity contribution >= 4 is 5.91 Å². The van der Waals surface area contributed by atoms with Crippen LogP contribution in [0.1, 0.15) is 41.0 Å². The van der Waals surface area contributed by atoms with Gasteiger partial charge in [0, 0.05) is 25.2 Å². The Morgan fingerprint density at radius 3 is 2.06 bits per heavy atom. The van der Waals surface area contributed by atoms with E-state index in [9.17, 15) is 4.79 Å². The number of carbonyl (C=O) groups excluding carboxylic acids is 1. The first kappa shape index (κ1) is 16.4. The molecule has 0 atom stereocenters. The SMILES string of the molecule is CCCN(CC(=O)N(CC)CC)C(C)(C)CN. The summed E-state index contributed by atoms with van der Waals surface area (Å²) in [6.07, 6.45) is 1.04. The topological polar surface area (TPSA) is 49.6 Å². The van der Waals surface area contributed by atoms with Gasteiger partial charge in [0.25, 0.3) is 0 Å². The van der Waals surface area contributed by atoms with Crippen LogP contribution in [0.4, 0.5) is 0 Å². The first-order chi connectivity index (χ1) is 7.92. The normalized spacial score (nSPS) is 11.9. The van der Waals surface area contributed by atoms with Gasteiger partial charge in [-0.15, -0.1) is 0 Å². The third-order valence-corrected chi connectivity index (χ3v) is 3.29. The third-order valence-electron chi connectivity index (χ3n) is 3.29. The van der Waals surface area contributed by atoms with E-state index in [2.05, 4.69) is 25.7 Å². The van der Waals surface area contributed by atoms with Gasteiger partial charge >= 0.3 is 0 Å². The summed E-state index contributed by atoms with van der Waals surface area (Å²) in [4.78, 5) is 16.2. The van der Waals surface area contributed by atoms with E-state index in [1.807, 2.05) is 18.7 Å². The zero-order valence-electron chi connectivity index (χ0n) is 12.1. The van der Waals surface area contributed by atoms with E-state index in [0.29, 0.717) is 13.1 Å². The average molecular weight is 243 g/mol. The zero-order valence-corrected chi connectivity index (χ0v) is 12.1. The van der Waals surface area contributed by atoms with E-state index in [0.717, 1.165) is 26.1 Å². The van der Waals surface area contributed by atoms with Crippen LogP contribution in [0, 0.1) is 0 Å². The van der Waals surface area contributed by atoms with Gasteiger partial charge in [-0.05, 0) is 40.7 Å². The van der Waals surface area contributed by atoms with E-state index >= 15 is 0 Å². The van der Waals surface area contributed by atoms with Crippen molar-refractivity contribution in [2.24, 2.45) is 5.73 Å². The van der Waals surface area contributed by atoms with Gasteiger partial charge in [0.05, 0.1) is 6.54 Å². The van der Waals surface area contributed by atoms with Crippen LogP contribution >= 0.6 is 0 Å². The predicted molar refractivity (Wildman–Crippen MR) is 72.9 cm³/mol. The van der Waals surface area contributed by atoms with Crippen molar-refractivity contribution in [1.82, 2.24) is 9.80 Å². The standard InChI is InChI=1S/C13H29N3O/c1-6-9-16(13(4,5)11-14)10-12(17)15(7-2)8-3/h6-11,14H2,1-5H3. The van der Waals surface area contributed by atoms with E-state index in [1.54, 1.807) is 0 Å². The summed E-state index contributed by atoms with van der Waals surface area (Å²) in [5.74, 6) is 0.199. The zero-order chi connectivity index (χ0) is 13.5. The van der Waals surface area contributed by atoms with Crippen molar-refractivity contribution in [1.29, 1.82) is 0 Å². The lowest BCUT2D eigenvalue weighted by Gasteiger charge is -2.38. The first-order valence-corrected chi connectivity index (χ1v) is 6.65. The molecular formula is C13H29N3O. The maximum absolute atomic E-state index is 12.1. The van der Waals surface area contributed by atoms with Gasteiger partial charge in [0.15, 0.2) is 0 Å². The smallest absolute Gasteiger partial charge is 0.236 e. The Bertz CT molecular complexity index is 225. The molecule has 1 amide bonds. The summed E-state index contributed by atoms with van der Waals surface area (Å²) in [6, 6.07) is 0. The van der Waals surface area contributed by atoms with Crippen molar-refractivity contribution in [3.63, 3.8) is 0 Å². The summed E-state index contributed by atoms with van der Waals surface area (Å²) in [5.41, 5.74) is 5.68. The first-order valence-electron chi connectivity index (χ1n) is 6.65. The highest BCUT2D eigenvalue weighted by atomic mass is 16.2. The molecular weight excluding hydrogens is 214 g/mol. The van der Waals surface area contributed by atoms with Gasteiger partial charge in [0.2, 0.25) is 5.91 Å². The molecule has 17 heavy (non-hydrogen) atoms. The van der Waals surface area contributed by atoms with E-state index < -0.39 is 0 Å². The van der Waals surface area contributed by atoms with Crippen LogP contribution in [-0.4, -0.2) is 54.0 Å². The van der Waals surface area contributed by atoms with Gasteiger partial charge in [-0.1, -0.05) is 6.92 Å². The summed E-state index contributed by atoms with van der Waals surface area (Å²) in [6.45, 7) is 13.9. The maximum Gasteiger partial charge on any atom is 0.236 e. The number of hydrogen-bond acceptors (Lipinski definition) is 3. The van der Waals surface area contributed by atoms with Crippen LogP contribution in [0.5, 0.6) is 0 Å². The summed E-state index contributed by atoms with van der Waals surface area (Å²) >= 11 is 0. The summed E-state index contributed by atoms with van der Waals surface area (Å²) < 4.78 is 0. The van der Waals surface area contributed by atoms with Gasteiger partial charge < -0.3 is 10.6 Å². The van der Waals surface area contributed by atoms with Crippen molar-refractivity contribution < 1.29 is 4.79 Å². The Balaban J connectivity index is 4.59.